The normalized spacial score (nSPS) is 14.9. The fourth-order valence-corrected chi connectivity index (χ4v) is 2.98. The van der Waals surface area contributed by atoms with Gasteiger partial charge in [-0.25, -0.2) is 9.97 Å². The maximum atomic E-state index is 12.4. The number of halogens is 2. The number of amides is 1. The van der Waals surface area contributed by atoms with E-state index in [-0.39, 0.29) is 5.91 Å². The summed E-state index contributed by atoms with van der Waals surface area (Å²) in [6.45, 7) is 2.84. The minimum absolute atomic E-state index is 0.128. The zero-order chi connectivity index (χ0) is 16.2. The van der Waals surface area contributed by atoms with Crippen LogP contribution in [0.5, 0.6) is 0 Å². The lowest BCUT2D eigenvalue weighted by Gasteiger charge is -2.34. The Morgan fingerprint density at radius 2 is 1.87 bits per heavy atom. The molecule has 1 amide bonds. The Labute approximate surface area is 148 Å². The van der Waals surface area contributed by atoms with Gasteiger partial charge >= 0.3 is 0 Å². The van der Waals surface area contributed by atoms with Crippen molar-refractivity contribution in [3.05, 3.63) is 51.7 Å². The molecule has 0 N–H and O–H groups in total. The van der Waals surface area contributed by atoms with Gasteiger partial charge in [0.1, 0.15) is 0 Å². The number of anilines is 1. The highest BCUT2D eigenvalue weighted by Crippen LogP contribution is 2.15. The second-order valence-electron chi connectivity index (χ2n) is 5.38. The quantitative estimate of drug-likeness (QED) is 0.802. The molecule has 1 aromatic carbocycles. The average Bonchev–Trinajstić information content (AvgIpc) is 2.56. The lowest BCUT2D eigenvalue weighted by Crippen LogP contribution is -2.49. The summed E-state index contributed by atoms with van der Waals surface area (Å²) in [4.78, 5) is 25.0. The first-order valence-electron chi connectivity index (χ1n) is 7.36. The third-order valence-electron chi connectivity index (χ3n) is 3.77. The van der Waals surface area contributed by atoms with Gasteiger partial charge in [-0.2, -0.15) is 0 Å². The number of hydrogen-bond donors (Lipinski definition) is 0. The predicted molar refractivity (Wildman–Crippen MR) is 93.7 cm³/mol. The number of rotatable bonds is 3. The van der Waals surface area contributed by atoms with Gasteiger partial charge in [-0.05, 0) is 33.6 Å². The first kappa shape index (κ1) is 16.2. The molecule has 1 aromatic heterocycles. The first-order valence-corrected chi connectivity index (χ1v) is 8.53. The van der Waals surface area contributed by atoms with Gasteiger partial charge in [0.05, 0.1) is 10.9 Å². The van der Waals surface area contributed by atoms with Crippen molar-refractivity contribution in [1.29, 1.82) is 0 Å². The minimum atomic E-state index is 0.128. The summed E-state index contributed by atoms with van der Waals surface area (Å²) in [5.41, 5.74) is 0.946. The van der Waals surface area contributed by atoms with Crippen LogP contribution >= 0.6 is 27.5 Å². The maximum absolute atomic E-state index is 12.4. The molecule has 2 aromatic rings. The van der Waals surface area contributed by atoms with E-state index in [2.05, 4.69) is 30.8 Å². The molecule has 23 heavy (non-hydrogen) atoms. The molecule has 1 aliphatic rings. The van der Waals surface area contributed by atoms with Crippen molar-refractivity contribution in [2.24, 2.45) is 0 Å². The third kappa shape index (κ3) is 4.20. The zero-order valence-electron chi connectivity index (χ0n) is 12.5. The molecular formula is C16H16BrClN4O. The fraction of sp³-hybridized carbons (Fsp3) is 0.312. The van der Waals surface area contributed by atoms with Crippen LogP contribution in [0.2, 0.25) is 5.02 Å². The van der Waals surface area contributed by atoms with Crippen molar-refractivity contribution < 1.29 is 4.79 Å². The highest BCUT2D eigenvalue weighted by Gasteiger charge is 2.22. The van der Waals surface area contributed by atoms with Gasteiger partial charge in [-0.1, -0.05) is 23.7 Å². The van der Waals surface area contributed by atoms with E-state index in [1.165, 1.54) is 0 Å². The largest absolute Gasteiger partial charge is 0.339 e. The molecule has 1 fully saturated rings. The van der Waals surface area contributed by atoms with Crippen LogP contribution in [0.25, 0.3) is 0 Å². The van der Waals surface area contributed by atoms with E-state index in [0.717, 1.165) is 23.1 Å². The van der Waals surface area contributed by atoms with E-state index >= 15 is 0 Å². The van der Waals surface area contributed by atoms with Crippen LogP contribution in [0.15, 0.2) is 41.1 Å². The molecule has 2 heterocycles. The number of aromatic nitrogens is 2. The second-order valence-corrected chi connectivity index (χ2v) is 6.73. The van der Waals surface area contributed by atoms with Crippen LogP contribution < -0.4 is 4.90 Å². The van der Waals surface area contributed by atoms with Crippen molar-refractivity contribution in [2.45, 2.75) is 6.42 Å². The van der Waals surface area contributed by atoms with Gasteiger partial charge in [-0.15, -0.1) is 0 Å². The van der Waals surface area contributed by atoms with Crippen LogP contribution in [0.1, 0.15) is 5.56 Å². The van der Waals surface area contributed by atoms with Gasteiger partial charge in [0, 0.05) is 43.6 Å². The Morgan fingerprint density at radius 3 is 2.52 bits per heavy atom. The summed E-state index contributed by atoms with van der Waals surface area (Å²) in [7, 11) is 0. The number of piperazine rings is 1. The summed E-state index contributed by atoms with van der Waals surface area (Å²) in [6, 6.07) is 7.45. The van der Waals surface area contributed by atoms with Crippen molar-refractivity contribution in [3.63, 3.8) is 0 Å². The van der Waals surface area contributed by atoms with Crippen LogP contribution in [0, 0.1) is 0 Å². The second kappa shape index (κ2) is 7.27. The standard InChI is InChI=1S/C16H16BrClN4O/c17-13-10-19-16(20-11-13)22-6-4-21(5-7-22)15(23)9-12-2-1-3-14(18)8-12/h1-3,8,10-11H,4-7,9H2. The summed E-state index contributed by atoms with van der Waals surface area (Å²) < 4.78 is 0.858. The van der Waals surface area contributed by atoms with Gasteiger partial charge in [0.15, 0.2) is 0 Å². The molecule has 120 valence electrons. The van der Waals surface area contributed by atoms with Crippen molar-refractivity contribution >= 4 is 39.4 Å². The molecule has 5 nitrogen and oxygen atoms in total. The van der Waals surface area contributed by atoms with Crippen LogP contribution in [0.4, 0.5) is 5.95 Å². The smallest absolute Gasteiger partial charge is 0.227 e. The average molecular weight is 396 g/mol. The Kier molecular flexibility index (Phi) is 5.13. The van der Waals surface area contributed by atoms with E-state index in [0.29, 0.717) is 30.5 Å². The van der Waals surface area contributed by atoms with Crippen LogP contribution in [0.3, 0.4) is 0 Å². The van der Waals surface area contributed by atoms with Gasteiger partial charge in [0.2, 0.25) is 11.9 Å². The molecule has 0 atom stereocenters. The van der Waals surface area contributed by atoms with Gasteiger partial charge < -0.3 is 9.80 Å². The van der Waals surface area contributed by atoms with E-state index in [1.54, 1.807) is 12.4 Å². The molecular weight excluding hydrogens is 380 g/mol. The monoisotopic (exact) mass is 394 g/mol. The van der Waals surface area contributed by atoms with E-state index in [1.807, 2.05) is 29.2 Å². The molecule has 1 aliphatic heterocycles. The molecule has 3 rings (SSSR count). The summed E-state index contributed by atoms with van der Waals surface area (Å²) in [5, 5.41) is 0.660. The molecule has 0 spiro atoms. The summed E-state index contributed by atoms with van der Waals surface area (Å²) >= 11 is 9.29. The SMILES string of the molecule is O=C(Cc1cccc(Cl)c1)N1CCN(c2ncc(Br)cn2)CC1. The number of carbonyl (C=O) groups excluding carboxylic acids is 1. The van der Waals surface area contributed by atoms with E-state index in [9.17, 15) is 4.79 Å². The molecule has 0 bridgehead atoms. The lowest BCUT2D eigenvalue weighted by molar-refractivity contribution is -0.130. The number of benzene rings is 1. The first-order chi connectivity index (χ1) is 11.1. The Morgan fingerprint density at radius 1 is 1.17 bits per heavy atom. The van der Waals surface area contributed by atoms with Crippen molar-refractivity contribution in [2.75, 3.05) is 31.1 Å². The number of carbonyl (C=O) groups is 1. The van der Waals surface area contributed by atoms with E-state index in [4.69, 9.17) is 11.6 Å². The molecule has 0 saturated carbocycles. The van der Waals surface area contributed by atoms with Crippen LogP contribution in [-0.4, -0.2) is 47.0 Å². The third-order valence-corrected chi connectivity index (χ3v) is 4.41. The number of hydrogen-bond acceptors (Lipinski definition) is 4. The molecule has 7 heteroatoms. The maximum Gasteiger partial charge on any atom is 0.227 e. The van der Waals surface area contributed by atoms with Gasteiger partial charge in [-0.3, -0.25) is 4.79 Å². The zero-order valence-corrected chi connectivity index (χ0v) is 14.8. The van der Waals surface area contributed by atoms with Crippen molar-refractivity contribution in [1.82, 2.24) is 14.9 Å². The molecule has 0 unspecified atom stereocenters. The summed E-state index contributed by atoms with van der Waals surface area (Å²) in [6.07, 6.45) is 3.85. The predicted octanol–water partition coefficient (Wildman–Crippen LogP) is 2.78. The Bertz CT molecular complexity index is 687. The summed E-state index contributed by atoms with van der Waals surface area (Å²) in [5.74, 6) is 0.832. The highest BCUT2D eigenvalue weighted by atomic mass is 79.9. The minimum Gasteiger partial charge on any atom is -0.339 e. The van der Waals surface area contributed by atoms with Gasteiger partial charge in [0.25, 0.3) is 0 Å². The molecule has 0 aliphatic carbocycles. The number of nitrogens with zero attached hydrogens (tertiary/aromatic N) is 4. The molecule has 1 saturated heterocycles. The fourth-order valence-electron chi connectivity index (χ4n) is 2.56. The highest BCUT2D eigenvalue weighted by molar-refractivity contribution is 9.10. The van der Waals surface area contributed by atoms with Crippen molar-refractivity contribution in [3.8, 4) is 0 Å². The lowest BCUT2D eigenvalue weighted by atomic mass is 10.1. The Hall–Kier alpha value is -1.66. The topological polar surface area (TPSA) is 49.3 Å². The Balaban J connectivity index is 1.56. The van der Waals surface area contributed by atoms with Crippen LogP contribution in [-0.2, 0) is 11.2 Å². The van der Waals surface area contributed by atoms with E-state index < -0.39 is 0 Å². The molecule has 0 radical (unpaired) electrons.